The molecule has 2 aromatic rings. The second-order valence-corrected chi connectivity index (χ2v) is 5.62. The number of hydrogen-bond donors (Lipinski definition) is 0. The first-order valence-corrected chi connectivity index (χ1v) is 7.56. The molecule has 1 aromatic carbocycles. The van der Waals surface area contributed by atoms with Gasteiger partial charge in [0.25, 0.3) is 0 Å². The first-order chi connectivity index (χ1) is 8.61. The van der Waals surface area contributed by atoms with Gasteiger partial charge in [-0.05, 0) is 30.7 Å². The summed E-state index contributed by atoms with van der Waals surface area (Å²) in [7, 11) is 2.01. The number of benzene rings is 1. The van der Waals surface area contributed by atoms with E-state index in [9.17, 15) is 4.39 Å². The third-order valence-corrected chi connectivity index (χ3v) is 4.35. The SMILES string of the molecule is Cc1ncsc1CN(C)c1ccc(F)cc1CBr. The minimum absolute atomic E-state index is 0.199. The van der Waals surface area contributed by atoms with E-state index >= 15 is 0 Å². The fourth-order valence-corrected chi connectivity index (χ4v) is 3.09. The van der Waals surface area contributed by atoms with Gasteiger partial charge in [-0.2, -0.15) is 0 Å². The van der Waals surface area contributed by atoms with Crippen LogP contribution in [0.25, 0.3) is 0 Å². The Bertz CT molecular complexity index is 542. The van der Waals surface area contributed by atoms with Crippen LogP contribution < -0.4 is 4.90 Å². The van der Waals surface area contributed by atoms with Crippen LogP contribution in [0.1, 0.15) is 16.1 Å². The maximum Gasteiger partial charge on any atom is 0.123 e. The summed E-state index contributed by atoms with van der Waals surface area (Å²) >= 11 is 5.05. The molecule has 0 atom stereocenters. The Morgan fingerprint density at radius 1 is 1.44 bits per heavy atom. The summed E-state index contributed by atoms with van der Waals surface area (Å²) in [5.41, 5.74) is 4.92. The third kappa shape index (κ3) is 2.90. The van der Waals surface area contributed by atoms with Crippen molar-refractivity contribution in [1.29, 1.82) is 0 Å². The van der Waals surface area contributed by atoms with Crippen molar-refractivity contribution in [1.82, 2.24) is 4.98 Å². The zero-order valence-electron chi connectivity index (χ0n) is 10.3. The summed E-state index contributed by atoms with van der Waals surface area (Å²) in [6.07, 6.45) is 0. The van der Waals surface area contributed by atoms with Crippen molar-refractivity contribution >= 4 is 33.0 Å². The van der Waals surface area contributed by atoms with Gasteiger partial charge in [-0.1, -0.05) is 15.9 Å². The Morgan fingerprint density at radius 3 is 2.83 bits per heavy atom. The molecule has 2 rings (SSSR count). The standard InChI is InChI=1S/C13H14BrFN2S/c1-9-13(18-8-16-9)7-17(2)12-4-3-11(15)5-10(12)6-14/h3-5,8H,6-7H2,1-2H3. The van der Waals surface area contributed by atoms with Gasteiger partial charge in [0.05, 0.1) is 17.7 Å². The highest BCUT2D eigenvalue weighted by Crippen LogP contribution is 2.25. The lowest BCUT2D eigenvalue weighted by molar-refractivity contribution is 0.626. The van der Waals surface area contributed by atoms with Crippen LogP contribution >= 0.6 is 27.3 Å². The molecule has 0 N–H and O–H groups in total. The van der Waals surface area contributed by atoms with Crippen LogP contribution in [0, 0.1) is 12.7 Å². The van der Waals surface area contributed by atoms with Gasteiger partial charge >= 0.3 is 0 Å². The Balaban J connectivity index is 2.23. The summed E-state index contributed by atoms with van der Waals surface area (Å²) in [5, 5.41) is 0.645. The van der Waals surface area contributed by atoms with E-state index < -0.39 is 0 Å². The van der Waals surface area contributed by atoms with Crippen LogP contribution in [0.4, 0.5) is 10.1 Å². The van der Waals surface area contributed by atoms with Crippen molar-refractivity contribution in [2.24, 2.45) is 0 Å². The normalized spacial score (nSPS) is 10.7. The van der Waals surface area contributed by atoms with Gasteiger partial charge < -0.3 is 4.90 Å². The number of thiazole rings is 1. The van der Waals surface area contributed by atoms with E-state index in [0.29, 0.717) is 5.33 Å². The van der Waals surface area contributed by atoms with Crippen LogP contribution in [0.5, 0.6) is 0 Å². The monoisotopic (exact) mass is 328 g/mol. The molecule has 1 aromatic heterocycles. The molecule has 18 heavy (non-hydrogen) atoms. The highest BCUT2D eigenvalue weighted by atomic mass is 79.9. The number of aryl methyl sites for hydroxylation is 1. The quantitative estimate of drug-likeness (QED) is 0.785. The van der Waals surface area contributed by atoms with E-state index in [0.717, 1.165) is 23.5 Å². The summed E-state index contributed by atoms with van der Waals surface area (Å²) in [6, 6.07) is 4.89. The van der Waals surface area contributed by atoms with Crippen LogP contribution in [-0.2, 0) is 11.9 Å². The van der Waals surface area contributed by atoms with Gasteiger partial charge in [0.2, 0.25) is 0 Å². The summed E-state index contributed by atoms with van der Waals surface area (Å²) in [5.74, 6) is -0.199. The molecule has 0 spiro atoms. The van der Waals surface area contributed by atoms with Crippen LogP contribution in [0.15, 0.2) is 23.7 Å². The van der Waals surface area contributed by atoms with Crippen molar-refractivity contribution in [3.05, 3.63) is 45.7 Å². The summed E-state index contributed by atoms with van der Waals surface area (Å²) in [4.78, 5) is 7.60. The molecule has 0 fully saturated rings. The number of halogens is 2. The highest BCUT2D eigenvalue weighted by Gasteiger charge is 2.10. The Kier molecular flexibility index (Phi) is 4.35. The molecule has 0 aliphatic rings. The molecule has 0 unspecified atom stereocenters. The van der Waals surface area contributed by atoms with E-state index in [2.05, 4.69) is 25.8 Å². The average molecular weight is 329 g/mol. The Hall–Kier alpha value is -0.940. The minimum atomic E-state index is -0.199. The van der Waals surface area contributed by atoms with Gasteiger partial charge in [0.15, 0.2) is 0 Å². The maximum atomic E-state index is 13.2. The largest absolute Gasteiger partial charge is 0.369 e. The lowest BCUT2D eigenvalue weighted by Gasteiger charge is -2.21. The molecular weight excluding hydrogens is 315 g/mol. The van der Waals surface area contributed by atoms with Gasteiger partial charge in [-0.15, -0.1) is 11.3 Å². The second-order valence-electron chi connectivity index (χ2n) is 4.12. The topological polar surface area (TPSA) is 16.1 Å². The molecule has 0 saturated heterocycles. The smallest absolute Gasteiger partial charge is 0.123 e. The lowest BCUT2D eigenvalue weighted by atomic mass is 10.2. The predicted molar refractivity (Wildman–Crippen MR) is 78.0 cm³/mol. The van der Waals surface area contributed by atoms with Crippen molar-refractivity contribution in [2.45, 2.75) is 18.8 Å². The average Bonchev–Trinajstić information content (AvgIpc) is 2.74. The van der Waals surface area contributed by atoms with Crippen molar-refractivity contribution in [3.8, 4) is 0 Å². The highest BCUT2D eigenvalue weighted by molar-refractivity contribution is 9.08. The van der Waals surface area contributed by atoms with Gasteiger partial charge in [-0.25, -0.2) is 9.37 Å². The van der Waals surface area contributed by atoms with Gasteiger partial charge in [0.1, 0.15) is 5.82 Å². The van der Waals surface area contributed by atoms with E-state index in [4.69, 9.17) is 0 Å². The molecule has 0 radical (unpaired) electrons. The minimum Gasteiger partial charge on any atom is -0.369 e. The van der Waals surface area contributed by atoms with E-state index in [1.807, 2.05) is 25.5 Å². The molecule has 0 bridgehead atoms. The predicted octanol–water partition coefficient (Wildman–Crippen LogP) is 4.12. The van der Waals surface area contributed by atoms with E-state index in [-0.39, 0.29) is 5.82 Å². The molecule has 5 heteroatoms. The van der Waals surface area contributed by atoms with Crippen LogP contribution in [-0.4, -0.2) is 12.0 Å². The number of hydrogen-bond acceptors (Lipinski definition) is 3. The van der Waals surface area contributed by atoms with Crippen molar-refractivity contribution < 1.29 is 4.39 Å². The fourth-order valence-electron chi connectivity index (χ4n) is 1.81. The van der Waals surface area contributed by atoms with E-state index in [1.54, 1.807) is 17.4 Å². The molecule has 0 amide bonds. The molecule has 0 aliphatic heterocycles. The van der Waals surface area contributed by atoms with Crippen LogP contribution in [0.3, 0.4) is 0 Å². The summed E-state index contributed by atoms with van der Waals surface area (Å²) < 4.78 is 13.2. The lowest BCUT2D eigenvalue weighted by Crippen LogP contribution is -2.17. The maximum absolute atomic E-state index is 13.2. The summed E-state index contributed by atoms with van der Waals surface area (Å²) in [6.45, 7) is 2.80. The third-order valence-electron chi connectivity index (χ3n) is 2.82. The first-order valence-electron chi connectivity index (χ1n) is 5.56. The Labute approximate surface area is 119 Å². The molecule has 0 aliphatic carbocycles. The Morgan fingerprint density at radius 2 is 2.22 bits per heavy atom. The zero-order valence-corrected chi connectivity index (χ0v) is 12.7. The first kappa shape index (κ1) is 13.5. The number of nitrogens with zero attached hydrogens (tertiary/aromatic N) is 2. The molecule has 1 heterocycles. The molecule has 2 nitrogen and oxygen atoms in total. The number of anilines is 1. The van der Waals surface area contributed by atoms with E-state index in [1.165, 1.54) is 10.9 Å². The zero-order chi connectivity index (χ0) is 13.1. The number of rotatable bonds is 4. The fraction of sp³-hybridized carbons (Fsp3) is 0.308. The second kappa shape index (κ2) is 5.80. The molecule has 0 saturated carbocycles. The van der Waals surface area contributed by atoms with Gasteiger partial charge in [-0.3, -0.25) is 0 Å². The molecular formula is C13H14BrFN2S. The van der Waals surface area contributed by atoms with Gasteiger partial charge in [0, 0.05) is 22.9 Å². The van der Waals surface area contributed by atoms with Crippen LogP contribution in [0.2, 0.25) is 0 Å². The number of aromatic nitrogens is 1. The van der Waals surface area contributed by atoms with Crippen molar-refractivity contribution in [3.63, 3.8) is 0 Å². The number of alkyl halides is 1. The van der Waals surface area contributed by atoms with Crippen molar-refractivity contribution in [2.75, 3.05) is 11.9 Å². The molecule has 96 valence electrons.